The molecule has 0 aliphatic heterocycles. The minimum absolute atomic E-state index is 0.663. The molecule has 2 heteroatoms. The van der Waals surface area contributed by atoms with Crippen LogP contribution in [-0.4, -0.2) is 30.6 Å². The molecule has 0 aromatic carbocycles. The summed E-state index contributed by atoms with van der Waals surface area (Å²) in [6, 6.07) is 0.663. The predicted octanol–water partition coefficient (Wildman–Crippen LogP) is 1.07. The van der Waals surface area contributed by atoms with Crippen molar-refractivity contribution < 1.29 is 0 Å². The standard InChI is InChI=1S/C8H20N2/c1-4-10(8(2)3)7-5-6-9/h8H,4-7,9H2,1-3H3. The average molecular weight is 144 g/mol. The molecule has 0 bridgehead atoms. The average Bonchev–Trinajstić information content (AvgIpc) is 1.89. The highest BCUT2D eigenvalue weighted by Crippen LogP contribution is 1.97. The zero-order valence-electron chi connectivity index (χ0n) is 7.43. The van der Waals surface area contributed by atoms with E-state index in [4.69, 9.17) is 5.73 Å². The van der Waals surface area contributed by atoms with E-state index in [1.807, 2.05) is 0 Å². The first kappa shape index (κ1) is 9.92. The van der Waals surface area contributed by atoms with Gasteiger partial charge in [-0.2, -0.15) is 0 Å². The molecule has 0 aromatic heterocycles. The summed E-state index contributed by atoms with van der Waals surface area (Å²) in [4.78, 5) is 2.42. The summed E-state index contributed by atoms with van der Waals surface area (Å²) < 4.78 is 0. The van der Waals surface area contributed by atoms with Gasteiger partial charge in [-0.25, -0.2) is 0 Å². The molecule has 0 aromatic rings. The summed E-state index contributed by atoms with van der Waals surface area (Å²) >= 11 is 0. The Hall–Kier alpha value is -0.0800. The lowest BCUT2D eigenvalue weighted by Gasteiger charge is -2.24. The molecule has 0 amide bonds. The summed E-state index contributed by atoms with van der Waals surface area (Å²) in [5, 5.41) is 0. The van der Waals surface area contributed by atoms with Crippen molar-refractivity contribution in [2.24, 2.45) is 5.73 Å². The van der Waals surface area contributed by atoms with E-state index in [0.29, 0.717) is 6.04 Å². The van der Waals surface area contributed by atoms with Gasteiger partial charge in [-0.05, 0) is 39.9 Å². The van der Waals surface area contributed by atoms with Gasteiger partial charge < -0.3 is 10.6 Å². The largest absolute Gasteiger partial charge is 0.330 e. The number of rotatable bonds is 5. The van der Waals surface area contributed by atoms with Gasteiger partial charge in [0.25, 0.3) is 0 Å². The van der Waals surface area contributed by atoms with Crippen molar-refractivity contribution in [3.05, 3.63) is 0 Å². The second-order valence-electron chi connectivity index (χ2n) is 2.86. The zero-order chi connectivity index (χ0) is 7.98. The van der Waals surface area contributed by atoms with Crippen LogP contribution in [0, 0.1) is 0 Å². The van der Waals surface area contributed by atoms with Gasteiger partial charge in [0.2, 0.25) is 0 Å². The minimum Gasteiger partial charge on any atom is -0.330 e. The summed E-state index contributed by atoms with van der Waals surface area (Å²) in [6.45, 7) is 9.72. The Labute approximate surface area is 64.4 Å². The fraction of sp³-hybridized carbons (Fsp3) is 1.00. The third-order valence-electron chi connectivity index (χ3n) is 1.79. The smallest absolute Gasteiger partial charge is 0.00384 e. The maximum absolute atomic E-state index is 5.40. The van der Waals surface area contributed by atoms with E-state index in [1.165, 1.54) is 0 Å². The van der Waals surface area contributed by atoms with Crippen LogP contribution in [0.15, 0.2) is 0 Å². The highest BCUT2D eigenvalue weighted by Gasteiger charge is 2.04. The van der Waals surface area contributed by atoms with Crippen molar-refractivity contribution in [2.75, 3.05) is 19.6 Å². The van der Waals surface area contributed by atoms with Crippen LogP contribution in [0.4, 0.5) is 0 Å². The third-order valence-corrected chi connectivity index (χ3v) is 1.79. The molecule has 0 unspecified atom stereocenters. The van der Waals surface area contributed by atoms with Gasteiger partial charge in [-0.15, -0.1) is 0 Å². The number of nitrogens with zero attached hydrogens (tertiary/aromatic N) is 1. The summed E-state index contributed by atoms with van der Waals surface area (Å²) in [5.41, 5.74) is 5.40. The second kappa shape index (κ2) is 5.69. The predicted molar refractivity (Wildman–Crippen MR) is 46.1 cm³/mol. The van der Waals surface area contributed by atoms with Gasteiger partial charge in [0.15, 0.2) is 0 Å². The lowest BCUT2D eigenvalue weighted by atomic mass is 10.3. The van der Waals surface area contributed by atoms with Gasteiger partial charge in [-0.3, -0.25) is 0 Å². The SMILES string of the molecule is CCN(CCCN)C(C)C. The maximum Gasteiger partial charge on any atom is 0.00384 e. The zero-order valence-corrected chi connectivity index (χ0v) is 7.43. The summed E-state index contributed by atoms with van der Waals surface area (Å²) in [6.07, 6.45) is 1.12. The molecular formula is C8H20N2. The molecule has 0 aliphatic carbocycles. The van der Waals surface area contributed by atoms with E-state index in [-0.39, 0.29) is 0 Å². The highest BCUT2D eigenvalue weighted by atomic mass is 15.1. The Kier molecular flexibility index (Phi) is 5.64. The molecule has 0 heterocycles. The fourth-order valence-electron chi connectivity index (χ4n) is 1.08. The van der Waals surface area contributed by atoms with E-state index >= 15 is 0 Å². The molecule has 0 fully saturated rings. The topological polar surface area (TPSA) is 29.3 Å². The third kappa shape index (κ3) is 3.85. The van der Waals surface area contributed by atoms with E-state index < -0.39 is 0 Å². The Morgan fingerprint density at radius 1 is 1.40 bits per heavy atom. The van der Waals surface area contributed by atoms with E-state index in [1.54, 1.807) is 0 Å². The Balaban J connectivity index is 3.40. The van der Waals surface area contributed by atoms with Gasteiger partial charge in [0.05, 0.1) is 0 Å². The molecule has 0 saturated heterocycles. The lowest BCUT2D eigenvalue weighted by Crippen LogP contribution is -2.32. The van der Waals surface area contributed by atoms with Crippen molar-refractivity contribution in [3.63, 3.8) is 0 Å². The van der Waals surface area contributed by atoms with Crippen molar-refractivity contribution in [2.45, 2.75) is 33.2 Å². The monoisotopic (exact) mass is 144 g/mol. The fourth-order valence-corrected chi connectivity index (χ4v) is 1.08. The van der Waals surface area contributed by atoms with Crippen molar-refractivity contribution >= 4 is 0 Å². The number of nitrogens with two attached hydrogens (primary N) is 1. The van der Waals surface area contributed by atoms with Crippen molar-refractivity contribution in [1.29, 1.82) is 0 Å². The Morgan fingerprint density at radius 2 is 2.00 bits per heavy atom. The molecule has 2 nitrogen and oxygen atoms in total. The molecule has 0 radical (unpaired) electrons. The summed E-state index contributed by atoms with van der Waals surface area (Å²) in [7, 11) is 0. The molecule has 2 N–H and O–H groups in total. The van der Waals surface area contributed by atoms with E-state index in [9.17, 15) is 0 Å². The highest BCUT2D eigenvalue weighted by molar-refractivity contribution is 4.59. The summed E-state index contributed by atoms with van der Waals surface area (Å²) in [5.74, 6) is 0. The van der Waals surface area contributed by atoms with Crippen LogP contribution in [0.2, 0.25) is 0 Å². The first-order valence-electron chi connectivity index (χ1n) is 4.16. The first-order valence-corrected chi connectivity index (χ1v) is 4.16. The molecule has 10 heavy (non-hydrogen) atoms. The van der Waals surface area contributed by atoms with Crippen LogP contribution < -0.4 is 5.73 Å². The second-order valence-corrected chi connectivity index (χ2v) is 2.86. The molecule has 0 atom stereocenters. The lowest BCUT2D eigenvalue weighted by molar-refractivity contribution is 0.232. The molecule has 0 spiro atoms. The molecule has 0 rings (SSSR count). The maximum atomic E-state index is 5.40. The number of hydrogen-bond donors (Lipinski definition) is 1. The van der Waals surface area contributed by atoms with Gasteiger partial charge >= 0.3 is 0 Å². The van der Waals surface area contributed by atoms with Crippen molar-refractivity contribution in [3.8, 4) is 0 Å². The Morgan fingerprint density at radius 3 is 2.30 bits per heavy atom. The van der Waals surface area contributed by atoms with E-state index in [0.717, 1.165) is 26.1 Å². The van der Waals surface area contributed by atoms with Crippen LogP contribution in [0.3, 0.4) is 0 Å². The molecule has 0 aliphatic rings. The molecule has 62 valence electrons. The molecular weight excluding hydrogens is 124 g/mol. The van der Waals surface area contributed by atoms with Gasteiger partial charge in [-0.1, -0.05) is 6.92 Å². The minimum atomic E-state index is 0.663. The van der Waals surface area contributed by atoms with Crippen LogP contribution in [0.25, 0.3) is 0 Å². The van der Waals surface area contributed by atoms with Gasteiger partial charge in [0, 0.05) is 6.04 Å². The van der Waals surface area contributed by atoms with Crippen molar-refractivity contribution in [1.82, 2.24) is 4.90 Å². The Bertz CT molecular complexity index is 71.7. The normalized spacial score (nSPS) is 11.4. The molecule has 0 saturated carbocycles. The van der Waals surface area contributed by atoms with Crippen LogP contribution in [0.5, 0.6) is 0 Å². The van der Waals surface area contributed by atoms with Crippen LogP contribution >= 0.6 is 0 Å². The first-order chi connectivity index (χ1) is 4.72. The van der Waals surface area contributed by atoms with Crippen LogP contribution in [-0.2, 0) is 0 Å². The van der Waals surface area contributed by atoms with Gasteiger partial charge in [0.1, 0.15) is 0 Å². The van der Waals surface area contributed by atoms with Crippen LogP contribution in [0.1, 0.15) is 27.2 Å². The number of hydrogen-bond acceptors (Lipinski definition) is 2. The quantitative estimate of drug-likeness (QED) is 0.625. The van der Waals surface area contributed by atoms with E-state index in [2.05, 4.69) is 25.7 Å².